The molecule has 2 N–H and O–H groups in total. The third-order valence-electron chi connectivity index (χ3n) is 5.66. The number of Topliss-reactive ketones (excluding diaryl/α,β-unsaturated/α-hetero) is 1. The van der Waals surface area contributed by atoms with Crippen molar-refractivity contribution in [1.29, 1.82) is 0 Å². The van der Waals surface area contributed by atoms with Gasteiger partial charge in [0.15, 0.2) is 5.78 Å². The van der Waals surface area contributed by atoms with Crippen LogP contribution < -0.4 is 15.4 Å². The van der Waals surface area contributed by atoms with Crippen molar-refractivity contribution in [3.63, 3.8) is 0 Å². The Bertz CT molecular complexity index is 1560. The van der Waals surface area contributed by atoms with Gasteiger partial charge >= 0.3 is 0 Å². The van der Waals surface area contributed by atoms with Gasteiger partial charge in [0.1, 0.15) is 11.4 Å². The summed E-state index contributed by atoms with van der Waals surface area (Å²) in [6.07, 6.45) is 1.59. The van der Waals surface area contributed by atoms with Gasteiger partial charge in [-0.3, -0.25) is 14.4 Å². The Kier molecular flexibility index (Phi) is 10.0. The Morgan fingerprint density at radius 3 is 2.27 bits per heavy atom. The summed E-state index contributed by atoms with van der Waals surface area (Å²) in [6.45, 7) is 0. The van der Waals surface area contributed by atoms with Crippen molar-refractivity contribution in [2.24, 2.45) is 0 Å². The van der Waals surface area contributed by atoms with Crippen LogP contribution in [0.2, 0.25) is 10.0 Å². The Hall–Kier alpha value is -4.04. The third kappa shape index (κ3) is 7.99. The maximum Gasteiger partial charge on any atom is 0.272 e. The molecule has 0 aliphatic heterocycles. The summed E-state index contributed by atoms with van der Waals surface area (Å²) in [4.78, 5) is 39.6. The van der Waals surface area contributed by atoms with E-state index in [0.29, 0.717) is 38.2 Å². The maximum atomic E-state index is 13.3. The predicted molar refractivity (Wildman–Crippen MR) is 161 cm³/mol. The highest BCUT2D eigenvalue weighted by Gasteiger charge is 2.16. The summed E-state index contributed by atoms with van der Waals surface area (Å²) in [7, 11) is 1.57. The highest BCUT2D eigenvalue weighted by atomic mass is 35.5. The first-order chi connectivity index (χ1) is 19.3. The molecule has 0 atom stereocenters. The number of hydrogen-bond acceptors (Lipinski definition) is 5. The molecule has 0 radical (unpaired) electrons. The van der Waals surface area contributed by atoms with E-state index in [2.05, 4.69) is 10.6 Å². The SMILES string of the molecule is COc1ccc(/C=C(\NC(=O)c2ccccc2)C(=O)Nc2cccc(SCC(=O)c3ccc(Cl)c(Cl)c3)c2)cc1. The van der Waals surface area contributed by atoms with E-state index in [-0.39, 0.29) is 17.2 Å². The summed E-state index contributed by atoms with van der Waals surface area (Å²) in [5, 5.41) is 6.26. The smallest absolute Gasteiger partial charge is 0.272 e. The van der Waals surface area contributed by atoms with Gasteiger partial charge in [0.25, 0.3) is 11.8 Å². The molecule has 202 valence electrons. The summed E-state index contributed by atoms with van der Waals surface area (Å²) >= 11 is 13.3. The Morgan fingerprint density at radius 1 is 0.825 bits per heavy atom. The van der Waals surface area contributed by atoms with Crippen LogP contribution in [0.1, 0.15) is 26.3 Å². The van der Waals surface area contributed by atoms with E-state index in [0.717, 1.165) is 4.90 Å². The van der Waals surface area contributed by atoms with Crippen molar-refractivity contribution < 1.29 is 19.1 Å². The number of ether oxygens (including phenoxy) is 1. The van der Waals surface area contributed by atoms with Crippen molar-refractivity contribution in [1.82, 2.24) is 5.32 Å². The number of anilines is 1. The van der Waals surface area contributed by atoms with Crippen LogP contribution in [0.15, 0.2) is 108 Å². The first kappa shape index (κ1) is 29.0. The summed E-state index contributed by atoms with van der Waals surface area (Å²) < 4.78 is 5.20. The van der Waals surface area contributed by atoms with Crippen molar-refractivity contribution in [2.45, 2.75) is 4.90 Å². The van der Waals surface area contributed by atoms with Crippen LogP contribution in [0.4, 0.5) is 5.69 Å². The molecule has 2 amide bonds. The second kappa shape index (κ2) is 13.8. The number of benzene rings is 4. The van der Waals surface area contributed by atoms with Crippen molar-refractivity contribution >= 4 is 64.3 Å². The third-order valence-corrected chi connectivity index (χ3v) is 7.39. The molecule has 0 bridgehead atoms. The molecule has 0 spiro atoms. The highest BCUT2D eigenvalue weighted by molar-refractivity contribution is 8.00. The summed E-state index contributed by atoms with van der Waals surface area (Å²) in [5.41, 5.74) is 2.15. The molecule has 6 nitrogen and oxygen atoms in total. The number of methoxy groups -OCH3 is 1. The van der Waals surface area contributed by atoms with E-state index < -0.39 is 11.8 Å². The fourth-order valence-electron chi connectivity index (χ4n) is 3.57. The first-order valence-corrected chi connectivity index (χ1v) is 13.8. The van der Waals surface area contributed by atoms with Gasteiger partial charge in [0.2, 0.25) is 0 Å². The number of rotatable bonds is 10. The first-order valence-electron chi connectivity index (χ1n) is 12.1. The van der Waals surface area contributed by atoms with Gasteiger partial charge in [-0.05, 0) is 72.3 Å². The normalized spacial score (nSPS) is 11.0. The van der Waals surface area contributed by atoms with Gasteiger partial charge in [0.05, 0.1) is 22.9 Å². The number of thioether (sulfide) groups is 1. The molecule has 4 rings (SSSR count). The molecule has 4 aromatic rings. The fraction of sp³-hybridized carbons (Fsp3) is 0.0645. The van der Waals surface area contributed by atoms with Crippen LogP contribution in [-0.2, 0) is 4.79 Å². The number of amides is 2. The molecular weight excluding hydrogens is 567 g/mol. The quantitative estimate of drug-likeness (QED) is 0.114. The molecule has 0 aromatic heterocycles. The average Bonchev–Trinajstić information content (AvgIpc) is 2.98. The van der Waals surface area contributed by atoms with Gasteiger partial charge < -0.3 is 15.4 Å². The predicted octanol–water partition coefficient (Wildman–Crippen LogP) is 7.39. The highest BCUT2D eigenvalue weighted by Crippen LogP contribution is 2.26. The van der Waals surface area contributed by atoms with Crippen LogP contribution in [0.3, 0.4) is 0 Å². The van der Waals surface area contributed by atoms with Crippen LogP contribution in [0.5, 0.6) is 5.75 Å². The molecule has 0 unspecified atom stereocenters. The van der Waals surface area contributed by atoms with Gasteiger partial charge in [-0.25, -0.2) is 0 Å². The molecule has 0 saturated carbocycles. The van der Waals surface area contributed by atoms with E-state index >= 15 is 0 Å². The summed E-state index contributed by atoms with van der Waals surface area (Å²) in [6, 6.07) is 27.6. The number of carbonyl (C=O) groups excluding carboxylic acids is 3. The number of hydrogen-bond donors (Lipinski definition) is 2. The van der Waals surface area contributed by atoms with Crippen molar-refractivity contribution in [2.75, 3.05) is 18.2 Å². The minimum Gasteiger partial charge on any atom is -0.497 e. The summed E-state index contributed by atoms with van der Waals surface area (Å²) in [5.74, 6) is -0.185. The lowest BCUT2D eigenvalue weighted by molar-refractivity contribution is -0.113. The molecule has 40 heavy (non-hydrogen) atoms. The minimum absolute atomic E-state index is 0.0619. The lowest BCUT2D eigenvalue weighted by Crippen LogP contribution is -2.30. The average molecular weight is 592 g/mol. The molecule has 0 heterocycles. The largest absolute Gasteiger partial charge is 0.497 e. The van der Waals surface area contributed by atoms with Gasteiger partial charge in [-0.1, -0.05) is 59.6 Å². The zero-order chi connectivity index (χ0) is 28.5. The number of carbonyl (C=O) groups is 3. The molecule has 0 aliphatic rings. The lowest BCUT2D eigenvalue weighted by atomic mass is 10.1. The van der Waals surface area contributed by atoms with Crippen LogP contribution in [0.25, 0.3) is 6.08 Å². The Labute approximate surface area is 246 Å². The van der Waals surface area contributed by atoms with Crippen LogP contribution >= 0.6 is 35.0 Å². The van der Waals surface area contributed by atoms with Crippen molar-refractivity contribution in [3.05, 3.63) is 129 Å². The van der Waals surface area contributed by atoms with Crippen molar-refractivity contribution in [3.8, 4) is 5.75 Å². The fourth-order valence-corrected chi connectivity index (χ4v) is 4.72. The number of nitrogens with one attached hydrogen (secondary N) is 2. The molecule has 4 aromatic carbocycles. The minimum atomic E-state index is -0.505. The Morgan fingerprint density at radius 2 is 1.57 bits per heavy atom. The second-order valence-electron chi connectivity index (χ2n) is 8.47. The monoisotopic (exact) mass is 590 g/mol. The van der Waals surface area contributed by atoms with E-state index in [4.69, 9.17) is 27.9 Å². The van der Waals surface area contributed by atoms with Crippen LogP contribution in [-0.4, -0.2) is 30.5 Å². The molecule has 0 fully saturated rings. The van der Waals surface area contributed by atoms with Gasteiger partial charge in [-0.15, -0.1) is 11.8 Å². The standard InChI is InChI=1S/C31H24Cl2N2O4S/c1-39-24-13-10-20(11-14-24)16-28(35-30(37)21-6-3-2-4-7-21)31(38)34-23-8-5-9-25(18-23)40-19-29(36)22-12-15-26(32)27(33)17-22/h2-18H,19H2,1H3,(H,34,38)(H,35,37)/b28-16-. The Balaban J connectivity index is 1.49. The van der Waals surface area contributed by atoms with Gasteiger partial charge in [0, 0.05) is 21.7 Å². The van der Waals surface area contributed by atoms with Crippen LogP contribution in [0, 0.1) is 0 Å². The molecule has 0 saturated heterocycles. The lowest BCUT2D eigenvalue weighted by Gasteiger charge is -2.12. The maximum absolute atomic E-state index is 13.3. The molecule has 9 heteroatoms. The zero-order valence-electron chi connectivity index (χ0n) is 21.3. The zero-order valence-corrected chi connectivity index (χ0v) is 23.6. The topological polar surface area (TPSA) is 84.5 Å². The van der Waals surface area contributed by atoms with E-state index in [1.807, 2.05) is 6.07 Å². The molecule has 0 aliphatic carbocycles. The van der Waals surface area contributed by atoms with E-state index in [9.17, 15) is 14.4 Å². The van der Waals surface area contributed by atoms with E-state index in [1.54, 1.807) is 104 Å². The molecular formula is C31H24Cl2N2O4S. The van der Waals surface area contributed by atoms with Gasteiger partial charge in [-0.2, -0.15) is 0 Å². The number of ketones is 1. The number of halogens is 2. The van der Waals surface area contributed by atoms with E-state index in [1.165, 1.54) is 11.8 Å². The second-order valence-corrected chi connectivity index (χ2v) is 10.3.